The third-order valence-electron chi connectivity index (χ3n) is 6.43. The minimum Gasteiger partial charge on any atom is -0.322 e. The van der Waals surface area contributed by atoms with E-state index in [2.05, 4.69) is 17.5 Å². The van der Waals surface area contributed by atoms with Gasteiger partial charge in [-0.2, -0.15) is 0 Å². The third-order valence-corrected chi connectivity index (χ3v) is 6.43. The molecule has 1 aliphatic heterocycles. The van der Waals surface area contributed by atoms with Crippen molar-refractivity contribution in [2.45, 2.75) is 13.3 Å². The number of aryl methyl sites for hydroxylation is 1. The number of nitrogens with zero attached hydrogens (tertiary/aromatic N) is 1. The fraction of sp³-hybridized carbons (Fsp3) is 0.240. The molecule has 5 heteroatoms. The van der Waals surface area contributed by atoms with Crippen molar-refractivity contribution in [3.8, 4) is 0 Å². The van der Waals surface area contributed by atoms with Gasteiger partial charge in [-0.25, -0.2) is 4.90 Å². The summed E-state index contributed by atoms with van der Waals surface area (Å²) in [5.74, 6) is -0.483. The molecule has 0 spiro atoms. The van der Waals surface area contributed by atoms with Crippen LogP contribution in [0.25, 0.3) is 6.08 Å². The molecule has 5 nitrogen and oxygen atoms in total. The zero-order chi connectivity index (χ0) is 20.8. The summed E-state index contributed by atoms with van der Waals surface area (Å²) in [6.45, 7) is 1.93. The normalized spacial score (nSPS) is 26.6. The lowest BCUT2D eigenvalue weighted by Gasteiger charge is -2.17. The van der Waals surface area contributed by atoms with Crippen molar-refractivity contribution in [3.05, 3.63) is 77.9 Å². The highest BCUT2D eigenvalue weighted by atomic mass is 16.2. The number of amides is 3. The van der Waals surface area contributed by atoms with E-state index in [1.54, 1.807) is 24.3 Å². The largest absolute Gasteiger partial charge is 0.322 e. The molecule has 2 aromatic carbocycles. The van der Waals surface area contributed by atoms with Crippen molar-refractivity contribution in [2.24, 2.45) is 23.7 Å². The van der Waals surface area contributed by atoms with Crippen LogP contribution in [0.5, 0.6) is 0 Å². The van der Waals surface area contributed by atoms with Gasteiger partial charge in [0.25, 0.3) is 0 Å². The van der Waals surface area contributed by atoms with Gasteiger partial charge in [-0.1, -0.05) is 42.5 Å². The van der Waals surface area contributed by atoms with Crippen LogP contribution >= 0.6 is 0 Å². The Labute approximate surface area is 175 Å². The maximum Gasteiger partial charge on any atom is 0.248 e. The van der Waals surface area contributed by atoms with Crippen molar-refractivity contribution >= 4 is 35.2 Å². The molecule has 5 rings (SSSR count). The Morgan fingerprint density at radius 2 is 1.70 bits per heavy atom. The van der Waals surface area contributed by atoms with Crippen molar-refractivity contribution in [1.82, 2.24) is 0 Å². The fourth-order valence-electron chi connectivity index (χ4n) is 4.98. The summed E-state index contributed by atoms with van der Waals surface area (Å²) < 4.78 is 0. The smallest absolute Gasteiger partial charge is 0.248 e. The zero-order valence-electron chi connectivity index (χ0n) is 16.6. The summed E-state index contributed by atoms with van der Waals surface area (Å²) in [7, 11) is 0. The molecule has 0 radical (unpaired) electrons. The predicted octanol–water partition coefficient (Wildman–Crippen LogP) is 3.96. The summed E-state index contributed by atoms with van der Waals surface area (Å²) in [5, 5.41) is 2.86. The molecule has 1 saturated carbocycles. The number of hydrogen-bond donors (Lipinski definition) is 1. The second-order valence-electron chi connectivity index (χ2n) is 8.24. The molecule has 2 fully saturated rings. The second-order valence-corrected chi connectivity index (χ2v) is 8.24. The van der Waals surface area contributed by atoms with Crippen LogP contribution in [0.1, 0.15) is 17.5 Å². The van der Waals surface area contributed by atoms with Gasteiger partial charge < -0.3 is 5.32 Å². The van der Waals surface area contributed by atoms with Crippen LogP contribution in [0.4, 0.5) is 11.4 Å². The topological polar surface area (TPSA) is 66.5 Å². The molecule has 1 saturated heterocycles. The Morgan fingerprint density at radius 3 is 2.40 bits per heavy atom. The minimum absolute atomic E-state index is 0.0970. The molecule has 2 bridgehead atoms. The first kappa shape index (κ1) is 18.6. The minimum atomic E-state index is -0.236. The van der Waals surface area contributed by atoms with Crippen molar-refractivity contribution in [3.63, 3.8) is 0 Å². The van der Waals surface area contributed by atoms with Gasteiger partial charge in [0.15, 0.2) is 0 Å². The van der Waals surface area contributed by atoms with E-state index in [1.165, 1.54) is 11.0 Å². The van der Waals surface area contributed by atoms with Gasteiger partial charge in [-0.15, -0.1) is 0 Å². The third kappa shape index (κ3) is 2.98. The Balaban J connectivity index is 1.33. The zero-order valence-corrected chi connectivity index (χ0v) is 16.6. The lowest BCUT2D eigenvalue weighted by atomic mass is 9.85. The SMILES string of the molecule is Cc1ccccc1NC(=O)/C=C/c1cccc(N2C(=O)[C@@H]3[C@H](C2=O)[C@H]2C=C[C@@H]3C2)c1. The van der Waals surface area contributed by atoms with Gasteiger partial charge in [0.1, 0.15) is 0 Å². The number of para-hydroxylation sites is 1. The molecule has 3 aliphatic rings. The average molecular weight is 398 g/mol. The summed E-state index contributed by atoms with van der Waals surface area (Å²) in [6.07, 6.45) is 8.24. The first-order chi connectivity index (χ1) is 14.5. The molecule has 0 aromatic heterocycles. The highest BCUT2D eigenvalue weighted by molar-refractivity contribution is 6.22. The number of benzene rings is 2. The first-order valence-corrected chi connectivity index (χ1v) is 10.2. The van der Waals surface area contributed by atoms with Crippen LogP contribution in [0.2, 0.25) is 0 Å². The van der Waals surface area contributed by atoms with Gasteiger partial charge in [0.05, 0.1) is 17.5 Å². The van der Waals surface area contributed by atoms with Crippen molar-refractivity contribution in [2.75, 3.05) is 10.2 Å². The number of carbonyl (C=O) groups is 3. The van der Waals surface area contributed by atoms with Gasteiger partial charge in [0.2, 0.25) is 17.7 Å². The van der Waals surface area contributed by atoms with Gasteiger partial charge in [0, 0.05) is 11.8 Å². The number of imide groups is 1. The molecule has 4 atom stereocenters. The molecule has 1 heterocycles. The molecule has 2 aliphatic carbocycles. The summed E-state index contributed by atoms with van der Waals surface area (Å²) in [5.41, 5.74) is 3.08. The Bertz CT molecular complexity index is 1090. The standard InChI is InChI=1S/C25H22N2O3/c1-15-5-2-3-8-20(15)26-21(28)12-9-16-6-4-7-19(13-16)27-24(29)22-17-10-11-18(14-17)23(22)25(27)30/h2-13,17-18,22-23H,14H2,1H3,(H,26,28)/b12-9+/t17-,18+,22+,23-. The van der Waals surface area contributed by atoms with Crippen molar-refractivity contribution in [1.29, 1.82) is 0 Å². The number of fused-ring (bicyclic) bond motifs is 5. The van der Waals surface area contributed by atoms with E-state index in [0.29, 0.717) is 5.69 Å². The van der Waals surface area contributed by atoms with Crippen LogP contribution in [0, 0.1) is 30.6 Å². The lowest BCUT2D eigenvalue weighted by Crippen LogP contribution is -2.32. The summed E-state index contributed by atoms with van der Waals surface area (Å²) in [6, 6.07) is 14.8. The molecule has 1 N–H and O–H groups in total. The molecule has 0 unspecified atom stereocenters. The van der Waals surface area contributed by atoms with Gasteiger partial charge in [-0.05, 0) is 60.6 Å². The van der Waals surface area contributed by atoms with Crippen LogP contribution < -0.4 is 10.2 Å². The van der Waals surface area contributed by atoms with Crippen LogP contribution in [-0.4, -0.2) is 17.7 Å². The van der Waals surface area contributed by atoms with E-state index >= 15 is 0 Å². The number of carbonyl (C=O) groups excluding carboxylic acids is 3. The Morgan fingerprint density at radius 1 is 1.00 bits per heavy atom. The summed E-state index contributed by atoms with van der Waals surface area (Å²) >= 11 is 0. The Kier molecular flexibility index (Phi) is 4.39. The van der Waals surface area contributed by atoms with Gasteiger partial charge in [-0.3, -0.25) is 14.4 Å². The average Bonchev–Trinajstić information content (AvgIpc) is 3.42. The van der Waals surface area contributed by atoms with Crippen LogP contribution in [0.3, 0.4) is 0 Å². The van der Waals surface area contributed by atoms with Gasteiger partial charge >= 0.3 is 0 Å². The van der Waals surface area contributed by atoms with E-state index < -0.39 is 0 Å². The molecular weight excluding hydrogens is 376 g/mol. The monoisotopic (exact) mass is 398 g/mol. The maximum absolute atomic E-state index is 13.0. The Hall–Kier alpha value is -3.47. The second kappa shape index (κ2) is 7.10. The van der Waals surface area contributed by atoms with Crippen LogP contribution in [-0.2, 0) is 14.4 Å². The number of rotatable bonds is 4. The maximum atomic E-state index is 13.0. The predicted molar refractivity (Wildman–Crippen MR) is 115 cm³/mol. The first-order valence-electron chi connectivity index (χ1n) is 10.2. The van der Waals surface area contributed by atoms with Crippen molar-refractivity contribution < 1.29 is 14.4 Å². The van der Waals surface area contributed by atoms with E-state index in [1.807, 2.05) is 37.3 Å². The lowest BCUT2D eigenvalue weighted by molar-refractivity contribution is -0.123. The summed E-state index contributed by atoms with van der Waals surface area (Å²) in [4.78, 5) is 39.6. The van der Waals surface area contributed by atoms with E-state index in [0.717, 1.165) is 23.2 Å². The van der Waals surface area contributed by atoms with E-state index in [9.17, 15) is 14.4 Å². The molecular formula is C25H22N2O3. The van der Waals surface area contributed by atoms with E-state index in [4.69, 9.17) is 0 Å². The molecule has 3 amide bonds. The highest BCUT2D eigenvalue weighted by Crippen LogP contribution is 2.53. The number of hydrogen-bond acceptors (Lipinski definition) is 3. The number of anilines is 2. The number of nitrogens with one attached hydrogen (secondary N) is 1. The molecule has 150 valence electrons. The number of allylic oxidation sites excluding steroid dienone is 2. The van der Waals surface area contributed by atoms with E-state index in [-0.39, 0.29) is 41.4 Å². The quantitative estimate of drug-likeness (QED) is 0.482. The molecule has 30 heavy (non-hydrogen) atoms. The van der Waals surface area contributed by atoms with Crippen LogP contribution in [0.15, 0.2) is 66.8 Å². The molecule has 2 aromatic rings. The fourth-order valence-corrected chi connectivity index (χ4v) is 4.98. The highest BCUT2D eigenvalue weighted by Gasteiger charge is 2.59.